The van der Waals surface area contributed by atoms with Crippen LogP contribution < -0.4 is 10.1 Å². The van der Waals surface area contributed by atoms with Gasteiger partial charge >= 0.3 is 0 Å². The van der Waals surface area contributed by atoms with Crippen LogP contribution in [0.1, 0.15) is 44.2 Å². The van der Waals surface area contributed by atoms with Gasteiger partial charge in [-0.1, -0.05) is 19.1 Å². The van der Waals surface area contributed by atoms with E-state index in [0.717, 1.165) is 17.5 Å². The summed E-state index contributed by atoms with van der Waals surface area (Å²) in [4.78, 5) is 0. The van der Waals surface area contributed by atoms with Gasteiger partial charge in [0.1, 0.15) is 5.75 Å². The van der Waals surface area contributed by atoms with E-state index in [9.17, 15) is 0 Å². The first-order valence-corrected chi connectivity index (χ1v) is 8.53. The van der Waals surface area contributed by atoms with Crippen LogP contribution in [0.3, 0.4) is 0 Å². The van der Waals surface area contributed by atoms with E-state index in [4.69, 9.17) is 4.74 Å². The number of benzene rings is 1. The van der Waals surface area contributed by atoms with Gasteiger partial charge in [0.2, 0.25) is 0 Å². The van der Waals surface area contributed by atoms with Crippen LogP contribution in [0.2, 0.25) is 0 Å². The lowest BCUT2D eigenvalue weighted by molar-refractivity contribution is 0.302. The van der Waals surface area contributed by atoms with Crippen LogP contribution in [-0.2, 0) is 0 Å². The Kier molecular flexibility index (Phi) is 4.34. The number of hydrogen-bond acceptors (Lipinski definition) is 3. The van der Waals surface area contributed by atoms with Gasteiger partial charge in [-0.2, -0.15) is 11.8 Å². The van der Waals surface area contributed by atoms with Crippen LogP contribution in [0.25, 0.3) is 0 Å². The minimum absolute atomic E-state index is 0.472. The average Bonchev–Trinajstić information content (AvgIpc) is 3.07. The Balaban J connectivity index is 1.75. The predicted octanol–water partition coefficient (Wildman–Crippen LogP) is 3.77. The molecule has 0 bridgehead atoms. The molecule has 1 aromatic carbocycles. The maximum absolute atomic E-state index is 5.92. The normalized spacial score (nSPS) is 24.4. The Bertz CT molecular complexity index is 413. The Morgan fingerprint density at radius 3 is 2.95 bits per heavy atom. The van der Waals surface area contributed by atoms with Crippen LogP contribution in [0.5, 0.6) is 5.75 Å². The summed E-state index contributed by atoms with van der Waals surface area (Å²) in [6.07, 6.45) is 5.61. The van der Waals surface area contributed by atoms with Gasteiger partial charge in [0.25, 0.3) is 0 Å². The third-order valence-corrected chi connectivity index (χ3v) is 5.27. The van der Waals surface area contributed by atoms with Gasteiger partial charge in [0.05, 0.1) is 6.10 Å². The monoisotopic (exact) mass is 277 g/mol. The highest BCUT2D eigenvalue weighted by molar-refractivity contribution is 8.00. The van der Waals surface area contributed by atoms with E-state index >= 15 is 0 Å². The van der Waals surface area contributed by atoms with Gasteiger partial charge in [-0.05, 0) is 55.7 Å². The SMILES string of the molecule is CCNC(c1cccc(OC2CC2)c1)C1CCCS1. The number of rotatable bonds is 6. The van der Waals surface area contributed by atoms with E-state index in [1.54, 1.807) is 0 Å². The molecule has 1 N–H and O–H groups in total. The Morgan fingerprint density at radius 2 is 2.26 bits per heavy atom. The summed E-state index contributed by atoms with van der Waals surface area (Å²) < 4.78 is 5.92. The summed E-state index contributed by atoms with van der Waals surface area (Å²) in [5.74, 6) is 2.36. The third-order valence-electron chi connectivity index (χ3n) is 3.81. The highest BCUT2D eigenvalue weighted by Crippen LogP contribution is 2.37. The second kappa shape index (κ2) is 6.19. The van der Waals surface area contributed by atoms with Crippen LogP contribution >= 0.6 is 11.8 Å². The molecule has 19 heavy (non-hydrogen) atoms. The number of thioether (sulfide) groups is 1. The van der Waals surface area contributed by atoms with Crippen molar-refractivity contribution < 1.29 is 4.74 Å². The molecule has 1 aromatic rings. The second-order valence-corrected chi connectivity index (χ2v) is 6.82. The van der Waals surface area contributed by atoms with E-state index in [2.05, 4.69) is 48.3 Å². The molecule has 2 fully saturated rings. The minimum Gasteiger partial charge on any atom is -0.490 e. The molecule has 1 aliphatic carbocycles. The van der Waals surface area contributed by atoms with Crippen molar-refractivity contribution in [3.05, 3.63) is 29.8 Å². The van der Waals surface area contributed by atoms with E-state index in [0.29, 0.717) is 12.1 Å². The van der Waals surface area contributed by atoms with Crippen LogP contribution in [0.15, 0.2) is 24.3 Å². The van der Waals surface area contributed by atoms with Crippen LogP contribution in [0.4, 0.5) is 0 Å². The highest BCUT2D eigenvalue weighted by Gasteiger charge is 2.27. The molecule has 2 nitrogen and oxygen atoms in total. The first kappa shape index (κ1) is 13.3. The molecule has 104 valence electrons. The molecule has 0 radical (unpaired) electrons. The number of ether oxygens (including phenoxy) is 1. The van der Waals surface area contributed by atoms with Gasteiger partial charge < -0.3 is 10.1 Å². The Hall–Kier alpha value is -0.670. The summed E-state index contributed by atoms with van der Waals surface area (Å²) in [5, 5.41) is 4.38. The molecule has 1 saturated heterocycles. The lowest BCUT2D eigenvalue weighted by Gasteiger charge is -2.24. The van der Waals surface area contributed by atoms with Crippen molar-refractivity contribution in [2.24, 2.45) is 0 Å². The van der Waals surface area contributed by atoms with Crippen molar-refractivity contribution in [2.45, 2.75) is 50.0 Å². The summed E-state index contributed by atoms with van der Waals surface area (Å²) in [6, 6.07) is 9.18. The molecule has 1 heterocycles. The molecule has 1 aliphatic heterocycles. The van der Waals surface area contributed by atoms with Crippen molar-refractivity contribution >= 4 is 11.8 Å². The summed E-state index contributed by atoms with van der Waals surface area (Å²) in [5.41, 5.74) is 1.39. The molecule has 3 heteroatoms. The smallest absolute Gasteiger partial charge is 0.120 e. The van der Waals surface area contributed by atoms with Crippen LogP contribution in [0, 0.1) is 0 Å². The van der Waals surface area contributed by atoms with Crippen molar-refractivity contribution in [3.63, 3.8) is 0 Å². The quantitative estimate of drug-likeness (QED) is 0.855. The minimum atomic E-state index is 0.472. The second-order valence-electron chi connectivity index (χ2n) is 5.48. The molecule has 2 unspecified atom stereocenters. The van der Waals surface area contributed by atoms with Gasteiger partial charge in [0.15, 0.2) is 0 Å². The summed E-state index contributed by atoms with van der Waals surface area (Å²) in [6.45, 7) is 3.21. The fourth-order valence-corrected chi connectivity index (χ4v) is 4.12. The van der Waals surface area contributed by atoms with Crippen molar-refractivity contribution in [2.75, 3.05) is 12.3 Å². The van der Waals surface area contributed by atoms with E-state index in [1.807, 2.05) is 0 Å². The first-order chi connectivity index (χ1) is 9.36. The zero-order chi connectivity index (χ0) is 13.1. The third kappa shape index (κ3) is 3.46. The molecule has 0 spiro atoms. The van der Waals surface area contributed by atoms with Gasteiger partial charge in [0, 0.05) is 11.3 Å². The molecule has 0 amide bonds. The van der Waals surface area contributed by atoms with Crippen LogP contribution in [-0.4, -0.2) is 23.7 Å². The van der Waals surface area contributed by atoms with Crippen molar-refractivity contribution in [1.29, 1.82) is 0 Å². The molecular weight excluding hydrogens is 254 g/mol. The zero-order valence-electron chi connectivity index (χ0n) is 11.6. The average molecular weight is 277 g/mol. The molecule has 1 saturated carbocycles. The van der Waals surface area contributed by atoms with Crippen molar-refractivity contribution in [3.8, 4) is 5.75 Å². The molecular formula is C16H23NOS. The predicted molar refractivity (Wildman–Crippen MR) is 82.0 cm³/mol. The van der Waals surface area contributed by atoms with Gasteiger partial charge in [-0.25, -0.2) is 0 Å². The summed E-state index contributed by atoms with van der Waals surface area (Å²) in [7, 11) is 0. The largest absolute Gasteiger partial charge is 0.490 e. The maximum Gasteiger partial charge on any atom is 0.120 e. The molecule has 2 atom stereocenters. The van der Waals surface area contributed by atoms with Gasteiger partial charge in [-0.3, -0.25) is 0 Å². The highest BCUT2D eigenvalue weighted by atomic mass is 32.2. The molecule has 3 rings (SSSR count). The maximum atomic E-state index is 5.92. The zero-order valence-corrected chi connectivity index (χ0v) is 12.4. The lowest BCUT2D eigenvalue weighted by Crippen LogP contribution is -2.28. The Morgan fingerprint density at radius 1 is 1.37 bits per heavy atom. The lowest BCUT2D eigenvalue weighted by atomic mass is 10.0. The standard InChI is InChI=1S/C16H23NOS/c1-2-17-16(15-7-4-10-19-15)12-5-3-6-14(11-12)18-13-8-9-13/h3,5-6,11,13,15-17H,2,4,7-10H2,1H3. The first-order valence-electron chi connectivity index (χ1n) is 7.48. The number of nitrogens with one attached hydrogen (secondary N) is 1. The fourth-order valence-electron chi connectivity index (χ4n) is 2.71. The Labute approximate surface area is 120 Å². The topological polar surface area (TPSA) is 21.3 Å². The summed E-state index contributed by atoms with van der Waals surface area (Å²) >= 11 is 2.11. The molecule has 0 aromatic heterocycles. The van der Waals surface area contributed by atoms with E-state index in [1.165, 1.54) is 37.0 Å². The number of hydrogen-bond donors (Lipinski definition) is 1. The van der Waals surface area contributed by atoms with E-state index < -0.39 is 0 Å². The van der Waals surface area contributed by atoms with E-state index in [-0.39, 0.29) is 0 Å². The fraction of sp³-hybridized carbons (Fsp3) is 0.625. The van der Waals surface area contributed by atoms with Gasteiger partial charge in [-0.15, -0.1) is 0 Å². The van der Waals surface area contributed by atoms with Crippen molar-refractivity contribution in [1.82, 2.24) is 5.32 Å². The molecule has 2 aliphatic rings.